The second-order valence-corrected chi connectivity index (χ2v) is 6.85. The highest BCUT2D eigenvalue weighted by Gasteiger charge is 2.40. The van der Waals surface area contributed by atoms with Crippen LogP contribution in [0.3, 0.4) is 0 Å². The molecule has 2 nitrogen and oxygen atoms in total. The lowest BCUT2D eigenvalue weighted by Gasteiger charge is -2.38. The molecule has 1 aliphatic carbocycles. The molecule has 4 rings (SSSR count). The van der Waals surface area contributed by atoms with Gasteiger partial charge in [0.05, 0.1) is 18.8 Å². The summed E-state index contributed by atoms with van der Waals surface area (Å²) in [6, 6.07) is 12.0. The third-order valence-corrected chi connectivity index (χ3v) is 5.56. The van der Waals surface area contributed by atoms with Gasteiger partial charge in [-0.1, -0.05) is 53.6 Å². The SMILES string of the molecule is COc1ccc(Cl)c2c1N[C@H](c1ccccc1Cl)[C@@H]1CC=C[C@H]21. The van der Waals surface area contributed by atoms with Crippen LogP contribution in [0.15, 0.2) is 48.6 Å². The van der Waals surface area contributed by atoms with E-state index in [1.165, 1.54) is 0 Å². The smallest absolute Gasteiger partial charge is 0.142 e. The second kappa shape index (κ2) is 5.77. The van der Waals surface area contributed by atoms with Crippen molar-refractivity contribution in [3.63, 3.8) is 0 Å². The van der Waals surface area contributed by atoms with Gasteiger partial charge in [0.1, 0.15) is 5.75 Å². The quantitative estimate of drug-likeness (QED) is 0.691. The van der Waals surface area contributed by atoms with Gasteiger partial charge in [0.15, 0.2) is 0 Å². The van der Waals surface area contributed by atoms with Gasteiger partial charge in [-0.25, -0.2) is 0 Å². The average Bonchev–Trinajstić information content (AvgIpc) is 3.04. The molecule has 0 saturated heterocycles. The Morgan fingerprint density at radius 3 is 2.70 bits per heavy atom. The van der Waals surface area contributed by atoms with Gasteiger partial charge in [-0.3, -0.25) is 0 Å². The number of ether oxygens (including phenoxy) is 1. The van der Waals surface area contributed by atoms with E-state index in [1.807, 2.05) is 30.3 Å². The molecular weight excluding hydrogens is 329 g/mol. The molecule has 2 aromatic carbocycles. The van der Waals surface area contributed by atoms with E-state index in [0.29, 0.717) is 5.92 Å². The zero-order valence-electron chi connectivity index (χ0n) is 12.7. The highest BCUT2D eigenvalue weighted by Crippen LogP contribution is 2.54. The third-order valence-electron chi connectivity index (χ3n) is 4.89. The molecule has 23 heavy (non-hydrogen) atoms. The predicted molar refractivity (Wildman–Crippen MR) is 95.8 cm³/mol. The standard InChI is InChI=1S/C19H17Cl2NO/c1-23-16-10-9-15(21)17-11-6-4-7-12(11)18(22-19(16)17)13-5-2-3-8-14(13)20/h2-6,8-12,18,22H,7H2,1H3/t11-,12+,18-/m0/s1. The van der Waals surface area contributed by atoms with Gasteiger partial charge in [-0.15, -0.1) is 0 Å². The number of fused-ring (bicyclic) bond motifs is 3. The van der Waals surface area contributed by atoms with Crippen LogP contribution in [-0.4, -0.2) is 7.11 Å². The van der Waals surface area contributed by atoms with Crippen molar-refractivity contribution in [3.05, 3.63) is 69.7 Å². The Hall–Kier alpha value is -1.64. The number of anilines is 1. The number of nitrogens with one attached hydrogen (secondary N) is 1. The van der Waals surface area contributed by atoms with Crippen molar-refractivity contribution in [2.75, 3.05) is 12.4 Å². The first-order chi connectivity index (χ1) is 11.2. The number of halogens is 2. The van der Waals surface area contributed by atoms with Crippen molar-refractivity contribution >= 4 is 28.9 Å². The normalized spacial score (nSPS) is 24.7. The molecule has 1 aliphatic heterocycles. The Bertz CT molecular complexity index is 787. The summed E-state index contributed by atoms with van der Waals surface area (Å²) < 4.78 is 5.55. The maximum Gasteiger partial charge on any atom is 0.142 e. The molecule has 0 spiro atoms. The first-order valence-corrected chi connectivity index (χ1v) is 8.50. The maximum atomic E-state index is 6.51. The van der Waals surface area contributed by atoms with Crippen molar-refractivity contribution in [1.82, 2.24) is 0 Å². The molecule has 0 bridgehead atoms. The molecule has 1 heterocycles. The van der Waals surface area contributed by atoms with Crippen LogP contribution in [-0.2, 0) is 0 Å². The van der Waals surface area contributed by atoms with Crippen LogP contribution < -0.4 is 10.1 Å². The van der Waals surface area contributed by atoms with Crippen LogP contribution >= 0.6 is 23.2 Å². The van der Waals surface area contributed by atoms with Gasteiger partial charge >= 0.3 is 0 Å². The summed E-state index contributed by atoms with van der Waals surface area (Å²) in [5, 5.41) is 5.23. The molecule has 118 valence electrons. The van der Waals surface area contributed by atoms with Crippen molar-refractivity contribution in [2.24, 2.45) is 5.92 Å². The first kappa shape index (κ1) is 14.9. The lowest BCUT2D eigenvalue weighted by molar-refractivity contribution is 0.397. The molecular formula is C19H17Cl2NO. The minimum absolute atomic E-state index is 0.142. The monoisotopic (exact) mass is 345 g/mol. The Kier molecular flexibility index (Phi) is 3.74. The van der Waals surface area contributed by atoms with Gasteiger partial charge in [-0.05, 0) is 36.1 Å². The second-order valence-electron chi connectivity index (χ2n) is 6.04. The number of methoxy groups -OCH3 is 1. The van der Waals surface area contributed by atoms with E-state index in [9.17, 15) is 0 Å². The van der Waals surface area contributed by atoms with Crippen LogP contribution in [0.5, 0.6) is 5.75 Å². The molecule has 0 amide bonds. The molecule has 0 radical (unpaired) electrons. The van der Waals surface area contributed by atoms with Crippen LogP contribution in [0.1, 0.15) is 29.5 Å². The number of hydrogen-bond donors (Lipinski definition) is 1. The number of benzene rings is 2. The molecule has 3 atom stereocenters. The highest BCUT2D eigenvalue weighted by atomic mass is 35.5. The molecule has 2 aliphatic rings. The van der Waals surface area contributed by atoms with E-state index >= 15 is 0 Å². The Morgan fingerprint density at radius 2 is 1.91 bits per heavy atom. The summed E-state index contributed by atoms with van der Waals surface area (Å²) in [6.45, 7) is 0. The van der Waals surface area contributed by atoms with E-state index in [0.717, 1.165) is 39.0 Å². The number of hydrogen-bond acceptors (Lipinski definition) is 2. The lowest BCUT2D eigenvalue weighted by atomic mass is 9.77. The fraction of sp³-hybridized carbons (Fsp3) is 0.263. The molecule has 0 fully saturated rings. The Balaban J connectivity index is 1.88. The predicted octanol–water partition coefficient (Wildman–Crippen LogP) is 5.83. The Labute approximate surface area is 146 Å². The Morgan fingerprint density at radius 1 is 1.09 bits per heavy atom. The maximum absolute atomic E-state index is 6.51. The largest absolute Gasteiger partial charge is 0.495 e. The van der Waals surface area contributed by atoms with Crippen molar-refractivity contribution in [3.8, 4) is 5.75 Å². The minimum atomic E-state index is 0.142. The molecule has 0 saturated carbocycles. The summed E-state index contributed by atoms with van der Waals surface area (Å²) in [7, 11) is 1.69. The molecule has 0 unspecified atom stereocenters. The van der Waals surface area contributed by atoms with E-state index < -0.39 is 0 Å². The van der Waals surface area contributed by atoms with E-state index in [4.69, 9.17) is 27.9 Å². The summed E-state index contributed by atoms with van der Waals surface area (Å²) in [5.41, 5.74) is 3.24. The van der Waals surface area contributed by atoms with Gasteiger partial charge in [0.2, 0.25) is 0 Å². The minimum Gasteiger partial charge on any atom is -0.495 e. The fourth-order valence-electron chi connectivity index (χ4n) is 3.84. The highest BCUT2D eigenvalue weighted by molar-refractivity contribution is 6.32. The van der Waals surface area contributed by atoms with Crippen LogP contribution in [0.4, 0.5) is 5.69 Å². The zero-order chi connectivity index (χ0) is 16.0. The summed E-state index contributed by atoms with van der Waals surface area (Å²) in [4.78, 5) is 0. The molecule has 2 aromatic rings. The van der Waals surface area contributed by atoms with E-state index in [2.05, 4.69) is 23.5 Å². The zero-order valence-corrected chi connectivity index (χ0v) is 14.2. The molecule has 4 heteroatoms. The molecule has 0 aromatic heterocycles. The van der Waals surface area contributed by atoms with Crippen molar-refractivity contribution in [2.45, 2.75) is 18.4 Å². The lowest BCUT2D eigenvalue weighted by Crippen LogP contribution is -2.29. The molecule has 1 N–H and O–H groups in total. The van der Waals surface area contributed by atoms with Crippen LogP contribution in [0.2, 0.25) is 10.0 Å². The topological polar surface area (TPSA) is 21.3 Å². The van der Waals surface area contributed by atoms with Gasteiger partial charge in [0.25, 0.3) is 0 Å². The number of allylic oxidation sites excluding steroid dienone is 2. The van der Waals surface area contributed by atoms with Crippen molar-refractivity contribution in [1.29, 1.82) is 0 Å². The summed E-state index contributed by atoms with van der Waals surface area (Å²) in [6.07, 6.45) is 5.52. The third kappa shape index (κ3) is 2.32. The van der Waals surface area contributed by atoms with E-state index in [1.54, 1.807) is 7.11 Å². The van der Waals surface area contributed by atoms with Crippen LogP contribution in [0.25, 0.3) is 0 Å². The van der Waals surface area contributed by atoms with Gasteiger partial charge in [-0.2, -0.15) is 0 Å². The summed E-state index contributed by atoms with van der Waals surface area (Å²) in [5.74, 6) is 1.52. The summed E-state index contributed by atoms with van der Waals surface area (Å²) >= 11 is 13.0. The number of rotatable bonds is 2. The average molecular weight is 346 g/mol. The van der Waals surface area contributed by atoms with Gasteiger partial charge < -0.3 is 10.1 Å². The first-order valence-electron chi connectivity index (χ1n) is 7.74. The van der Waals surface area contributed by atoms with Gasteiger partial charge in [0, 0.05) is 21.5 Å². The van der Waals surface area contributed by atoms with E-state index in [-0.39, 0.29) is 12.0 Å². The van der Waals surface area contributed by atoms with Crippen molar-refractivity contribution < 1.29 is 4.74 Å². The van der Waals surface area contributed by atoms with Crippen LogP contribution in [0, 0.1) is 5.92 Å². The fourth-order valence-corrected chi connectivity index (χ4v) is 4.38.